The van der Waals surface area contributed by atoms with Crippen molar-refractivity contribution < 1.29 is 27.5 Å². The van der Waals surface area contributed by atoms with E-state index in [0.717, 1.165) is 6.07 Å². The van der Waals surface area contributed by atoms with Crippen molar-refractivity contribution in [2.24, 2.45) is 0 Å². The Morgan fingerprint density at radius 1 is 1.31 bits per heavy atom. The lowest BCUT2D eigenvalue weighted by Crippen LogP contribution is -2.24. The van der Waals surface area contributed by atoms with Gasteiger partial charge in [0.2, 0.25) is 0 Å². The summed E-state index contributed by atoms with van der Waals surface area (Å²) in [5, 5.41) is 0. The minimum Gasteiger partial charge on any atom is -0.405 e. The predicted molar refractivity (Wildman–Crippen MR) is 47.6 cm³/mol. The van der Waals surface area contributed by atoms with E-state index in [1.54, 1.807) is 0 Å². The Hall–Kier alpha value is -1.76. The van der Waals surface area contributed by atoms with Gasteiger partial charge in [0.25, 0.3) is 5.91 Å². The molecule has 1 rings (SSSR count). The molecule has 0 radical (unpaired) electrons. The first-order chi connectivity index (χ1) is 7.44. The highest BCUT2D eigenvalue weighted by Gasteiger charge is 2.32. The molecular weight excluding hydrogens is 227 g/mol. The maximum Gasteiger partial charge on any atom is 0.573 e. The van der Waals surface area contributed by atoms with Crippen molar-refractivity contribution in [2.75, 3.05) is 7.11 Å². The van der Waals surface area contributed by atoms with Gasteiger partial charge >= 0.3 is 6.36 Å². The van der Waals surface area contributed by atoms with Gasteiger partial charge < -0.3 is 4.74 Å². The van der Waals surface area contributed by atoms with Gasteiger partial charge in [-0.1, -0.05) is 12.1 Å². The van der Waals surface area contributed by atoms with Crippen LogP contribution in [0.15, 0.2) is 24.3 Å². The zero-order chi connectivity index (χ0) is 12.2. The number of carbonyl (C=O) groups is 1. The highest BCUT2D eigenvalue weighted by Crippen LogP contribution is 2.25. The van der Waals surface area contributed by atoms with E-state index in [1.165, 1.54) is 25.3 Å². The molecule has 1 aromatic rings. The number of hydrogen-bond acceptors (Lipinski definition) is 3. The van der Waals surface area contributed by atoms with Crippen molar-refractivity contribution >= 4 is 5.91 Å². The maximum absolute atomic E-state index is 12.0. The monoisotopic (exact) mass is 235 g/mol. The van der Waals surface area contributed by atoms with Crippen molar-refractivity contribution in [2.45, 2.75) is 6.36 Å². The van der Waals surface area contributed by atoms with Crippen molar-refractivity contribution in [3.63, 3.8) is 0 Å². The lowest BCUT2D eigenvalue weighted by molar-refractivity contribution is -0.274. The summed E-state index contributed by atoms with van der Waals surface area (Å²) >= 11 is 0. The smallest absolute Gasteiger partial charge is 0.405 e. The van der Waals surface area contributed by atoms with E-state index in [9.17, 15) is 18.0 Å². The molecule has 0 aromatic heterocycles. The van der Waals surface area contributed by atoms with Crippen molar-refractivity contribution in [3.8, 4) is 5.75 Å². The Morgan fingerprint density at radius 2 is 1.94 bits per heavy atom. The lowest BCUT2D eigenvalue weighted by Gasteiger charge is -2.12. The molecule has 1 amide bonds. The van der Waals surface area contributed by atoms with Gasteiger partial charge in [-0.25, -0.2) is 5.48 Å². The molecule has 0 aliphatic heterocycles. The molecule has 1 N–H and O–H groups in total. The van der Waals surface area contributed by atoms with Crippen LogP contribution < -0.4 is 10.2 Å². The Balaban J connectivity index is 2.96. The fraction of sp³-hybridized carbons (Fsp3) is 0.222. The van der Waals surface area contributed by atoms with Crippen LogP contribution in [-0.2, 0) is 4.84 Å². The third-order valence-electron chi connectivity index (χ3n) is 1.55. The normalized spacial score (nSPS) is 11.0. The lowest BCUT2D eigenvalue weighted by atomic mass is 10.2. The van der Waals surface area contributed by atoms with Crippen LogP contribution in [0.1, 0.15) is 10.4 Å². The number of amides is 1. The topological polar surface area (TPSA) is 47.6 Å². The molecule has 0 aliphatic rings. The molecule has 0 spiro atoms. The van der Waals surface area contributed by atoms with Crippen LogP contribution >= 0.6 is 0 Å². The molecule has 0 unspecified atom stereocenters. The third kappa shape index (κ3) is 3.43. The minimum absolute atomic E-state index is 0.262. The average Bonchev–Trinajstić information content (AvgIpc) is 2.16. The molecule has 0 atom stereocenters. The second kappa shape index (κ2) is 4.84. The van der Waals surface area contributed by atoms with E-state index in [-0.39, 0.29) is 5.56 Å². The van der Waals surface area contributed by atoms with Gasteiger partial charge in [0.15, 0.2) is 0 Å². The Bertz CT molecular complexity index is 379. The largest absolute Gasteiger partial charge is 0.573 e. The fourth-order valence-electron chi connectivity index (χ4n) is 1.02. The number of para-hydroxylation sites is 1. The summed E-state index contributed by atoms with van der Waals surface area (Å²) in [6.07, 6.45) is -4.84. The summed E-state index contributed by atoms with van der Waals surface area (Å²) in [4.78, 5) is 15.6. The van der Waals surface area contributed by atoms with Crippen LogP contribution in [0, 0.1) is 0 Å². The van der Waals surface area contributed by atoms with E-state index in [4.69, 9.17) is 0 Å². The second-order valence-corrected chi connectivity index (χ2v) is 2.68. The number of nitrogens with one attached hydrogen (secondary N) is 1. The highest BCUT2D eigenvalue weighted by atomic mass is 19.4. The maximum atomic E-state index is 12.0. The van der Waals surface area contributed by atoms with Crippen molar-refractivity contribution in [3.05, 3.63) is 29.8 Å². The zero-order valence-electron chi connectivity index (χ0n) is 8.17. The first-order valence-electron chi connectivity index (χ1n) is 4.12. The fourth-order valence-corrected chi connectivity index (χ4v) is 1.02. The van der Waals surface area contributed by atoms with Gasteiger partial charge in [-0.15, -0.1) is 13.2 Å². The number of rotatable bonds is 3. The molecule has 88 valence electrons. The van der Waals surface area contributed by atoms with E-state index < -0.39 is 18.0 Å². The van der Waals surface area contributed by atoms with Gasteiger partial charge in [-0.2, -0.15) is 0 Å². The summed E-state index contributed by atoms with van der Waals surface area (Å²) in [6, 6.07) is 4.96. The second-order valence-electron chi connectivity index (χ2n) is 2.68. The van der Waals surface area contributed by atoms with Crippen LogP contribution in [0.2, 0.25) is 0 Å². The number of hydroxylamine groups is 1. The molecular formula is C9H8F3NO3. The minimum atomic E-state index is -4.84. The van der Waals surface area contributed by atoms with Crippen LogP contribution in [-0.4, -0.2) is 19.4 Å². The molecule has 0 aliphatic carbocycles. The number of carbonyl (C=O) groups excluding carboxylic acids is 1. The van der Waals surface area contributed by atoms with E-state index in [0.29, 0.717) is 0 Å². The molecule has 16 heavy (non-hydrogen) atoms. The molecule has 0 bridgehead atoms. The van der Waals surface area contributed by atoms with Crippen LogP contribution in [0.3, 0.4) is 0 Å². The van der Waals surface area contributed by atoms with Gasteiger partial charge in [0, 0.05) is 0 Å². The quantitative estimate of drug-likeness (QED) is 0.813. The molecule has 4 nitrogen and oxygen atoms in total. The van der Waals surface area contributed by atoms with Crippen LogP contribution in [0.25, 0.3) is 0 Å². The molecule has 0 fully saturated rings. The summed E-state index contributed by atoms with van der Waals surface area (Å²) in [6.45, 7) is 0. The molecule has 7 heteroatoms. The SMILES string of the molecule is CONC(=O)c1ccccc1OC(F)(F)F. The van der Waals surface area contributed by atoms with Gasteiger partial charge in [0.05, 0.1) is 12.7 Å². The predicted octanol–water partition coefficient (Wildman–Crippen LogP) is 1.88. The number of halogens is 3. The molecule has 0 saturated carbocycles. The van der Waals surface area contributed by atoms with Gasteiger partial charge in [-0.3, -0.25) is 9.63 Å². The number of benzene rings is 1. The summed E-state index contributed by atoms with van der Waals surface area (Å²) in [5.74, 6) is -1.40. The summed E-state index contributed by atoms with van der Waals surface area (Å²) in [5.41, 5.74) is 1.64. The third-order valence-corrected chi connectivity index (χ3v) is 1.55. The Morgan fingerprint density at radius 3 is 2.50 bits per heavy atom. The Kier molecular flexibility index (Phi) is 3.73. The summed E-state index contributed by atoms with van der Waals surface area (Å²) in [7, 11) is 1.17. The summed E-state index contributed by atoms with van der Waals surface area (Å²) < 4.78 is 39.6. The molecule has 0 heterocycles. The standard InChI is InChI=1S/C9H8F3NO3/c1-15-13-8(14)6-4-2-3-5-7(6)16-9(10,11)12/h2-5H,1H3,(H,13,14). The van der Waals surface area contributed by atoms with E-state index in [2.05, 4.69) is 9.57 Å². The average molecular weight is 235 g/mol. The Labute approximate surface area is 88.9 Å². The number of hydrogen-bond donors (Lipinski definition) is 1. The number of alkyl halides is 3. The van der Waals surface area contributed by atoms with Crippen molar-refractivity contribution in [1.82, 2.24) is 5.48 Å². The van der Waals surface area contributed by atoms with Crippen LogP contribution in [0.4, 0.5) is 13.2 Å². The zero-order valence-corrected chi connectivity index (χ0v) is 8.17. The molecule has 1 aromatic carbocycles. The van der Waals surface area contributed by atoms with Gasteiger partial charge in [0.1, 0.15) is 5.75 Å². The highest BCUT2D eigenvalue weighted by molar-refractivity contribution is 5.96. The van der Waals surface area contributed by atoms with E-state index >= 15 is 0 Å². The number of ether oxygens (including phenoxy) is 1. The van der Waals surface area contributed by atoms with Gasteiger partial charge in [-0.05, 0) is 12.1 Å². The van der Waals surface area contributed by atoms with E-state index in [1.807, 2.05) is 5.48 Å². The first kappa shape index (κ1) is 12.3. The molecule has 0 saturated heterocycles. The first-order valence-corrected chi connectivity index (χ1v) is 4.12. The van der Waals surface area contributed by atoms with Crippen LogP contribution in [0.5, 0.6) is 5.75 Å². The van der Waals surface area contributed by atoms with Crippen molar-refractivity contribution in [1.29, 1.82) is 0 Å².